The Bertz CT molecular complexity index is 739. The molecule has 3 unspecified atom stereocenters. The van der Waals surface area contributed by atoms with Gasteiger partial charge in [0.1, 0.15) is 5.82 Å². The monoisotopic (exact) mass is 367 g/mol. The zero-order chi connectivity index (χ0) is 18.5. The molecule has 1 N–H and O–H groups in total. The van der Waals surface area contributed by atoms with Gasteiger partial charge < -0.3 is 10.1 Å². The average molecular weight is 367 g/mol. The van der Waals surface area contributed by atoms with Crippen LogP contribution in [0, 0.1) is 17.8 Å². The van der Waals surface area contributed by atoms with Crippen molar-refractivity contribution in [2.75, 3.05) is 11.9 Å². The second-order valence-corrected chi connectivity index (χ2v) is 7.83. The first kappa shape index (κ1) is 18.1. The fourth-order valence-corrected chi connectivity index (χ4v) is 4.69. The van der Waals surface area contributed by atoms with Crippen molar-refractivity contribution in [2.45, 2.75) is 58.4 Å². The molecule has 2 fully saturated rings. The number of nitrogens with zero attached hydrogens (tertiary/aromatic N) is 4. The molecule has 4 rings (SSSR count). The van der Waals surface area contributed by atoms with E-state index < -0.39 is 0 Å². The molecule has 2 aliphatic rings. The fourth-order valence-electron chi connectivity index (χ4n) is 4.69. The zero-order valence-electron chi connectivity index (χ0n) is 16.1. The average Bonchev–Trinajstić information content (AvgIpc) is 3.15. The van der Waals surface area contributed by atoms with Crippen LogP contribution in [0.5, 0.6) is 6.01 Å². The van der Waals surface area contributed by atoms with Crippen LogP contribution in [0.1, 0.15) is 56.8 Å². The van der Waals surface area contributed by atoms with Crippen LogP contribution in [0.25, 0.3) is 0 Å². The van der Waals surface area contributed by atoms with Gasteiger partial charge in [-0.15, -0.1) is 0 Å². The normalized spacial score (nSPS) is 24.4. The van der Waals surface area contributed by atoms with Crippen molar-refractivity contribution in [3.8, 4) is 6.01 Å². The van der Waals surface area contributed by atoms with Crippen molar-refractivity contribution in [3.05, 3.63) is 35.9 Å². The van der Waals surface area contributed by atoms with E-state index in [0.717, 1.165) is 29.6 Å². The Balaban J connectivity index is 1.43. The van der Waals surface area contributed by atoms with E-state index in [0.29, 0.717) is 31.0 Å². The topological polar surface area (TPSA) is 72.8 Å². The molecule has 2 aromatic heterocycles. The van der Waals surface area contributed by atoms with Crippen LogP contribution in [0.15, 0.2) is 24.5 Å². The lowest BCUT2D eigenvalue weighted by molar-refractivity contribution is 0.205. The predicted octanol–water partition coefficient (Wildman–Crippen LogP) is 4.04. The molecular weight excluding hydrogens is 338 g/mol. The number of anilines is 1. The van der Waals surface area contributed by atoms with Crippen molar-refractivity contribution in [1.29, 1.82) is 0 Å². The van der Waals surface area contributed by atoms with E-state index in [-0.39, 0.29) is 0 Å². The van der Waals surface area contributed by atoms with Gasteiger partial charge in [0.15, 0.2) is 0 Å². The smallest absolute Gasteiger partial charge is 0.321 e. The van der Waals surface area contributed by atoms with E-state index in [4.69, 9.17) is 4.74 Å². The second kappa shape index (κ2) is 8.63. The Hall–Kier alpha value is -2.24. The number of pyridine rings is 1. The fraction of sp³-hybridized carbons (Fsp3) is 0.619. The molecule has 0 saturated heterocycles. The Morgan fingerprint density at radius 3 is 2.74 bits per heavy atom. The molecule has 0 radical (unpaired) electrons. The minimum absolute atomic E-state index is 0.425. The summed E-state index contributed by atoms with van der Waals surface area (Å²) in [6.45, 7) is 3.17. The summed E-state index contributed by atoms with van der Waals surface area (Å²) in [4.78, 5) is 17.7. The maximum absolute atomic E-state index is 5.59. The van der Waals surface area contributed by atoms with Gasteiger partial charge in [-0.25, -0.2) is 0 Å². The van der Waals surface area contributed by atoms with Gasteiger partial charge in [0.2, 0.25) is 5.95 Å². The minimum atomic E-state index is 0.425. The Kier molecular flexibility index (Phi) is 5.80. The van der Waals surface area contributed by atoms with Gasteiger partial charge in [-0.05, 0) is 61.6 Å². The third-order valence-corrected chi connectivity index (χ3v) is 6.00. The van der Waals surface area contributed by atoms with Gasteiger partial charge in [-0.1, -0.05) is 19.3 Å². The maximum Gasteiger partial charge on any atom is 0.321 e. The van der Waals surface area contributed by atoms with E-state index in [1.54, 1.807) is 12.4 Å². The van der Waals surface area contributed by atoms with E-state index in [2.05, 4.69) is 25.3 Å². The molecular formula is C21H29N5O. The number of aromatic nitrogens is 4. The lowest BCUT2D eigenvalue weighted by Gasteiger charge is -2.31. The number of rotatable bonds is 7. The molecule has 2 saturated carbocycles. The van der Waals surface area contributed by atoms with Crippen molar-refractivity contribution in [3.63, 3.8) is 0 Å². The predicted molar refractivity (Wildman–Crippen MR) is 104 cm³/mol. The van der Waals surface area contributed by atoms with Crippen LogP contribution in [-0.4, -0.2) is 26.5 Å². The van der Waals surface area contributed by atoms with Crippen LogP contribution >= 0.6 is 0 Å². The summed E-state index contributed by atoms with van der Waals surface area (Å²) in [6.07, 6.45) is 12.8. The highest BCUT2D eigenvalue weighted by atomic mass is 16.5. The first-order valence-corrected chi connectivity index (χ1v) is 10.3. The number of hydrogen-bond acceptors (Lipinski definition) is 6. The largest absolute Gasteiger partial charge is 0.464 e. The lowest BCUT2D eigenvalue weighted by atomic mass is 9.75. The summed E-state index contributed by atoms with van der Waals surface area (Å²) in [5.41, 5.74) is 1.14. The third-order valence-electron chi connectivity index (χ3n) is 6.00. The van der Waals surface area contributed by atoms with Gasteiger partial charge in [-0.3, -0.25) is 4.98 Å². The molecule has 27 heavy (non-hydrogen) atoms. The molecule has 3 atom stereocenters. The molecule has 6 nitrogen and oxygen atoms in total. The summed E-state index contributed by atoms with van der Waals surface area (Å²) in [6, 6.07) is 4.39. The summed E-state index contributed by atoms with van der Waals surface area (Å²) >= 11 is 0. The Morgan fingerprint density at radius 2 is 1.89 bits per heavy atom. The highest BCUT2D eigenvalue weighted by molar-refractivity contribution is 5.28. The quantitative estimate of drug-likeness (QED) is 0.796. The van der Waals surface area contributed by atoms with Gasteiger partial charge in [0.25, 0.3) is 0 Å². The van der Waals surface area contributed by atoms with Gasteiger partial charge in [0.05, 0.1) is 6.61 Å². The maximum atomic E-state index is 5.59. The summed E-state index contributed by atoms with van der Waals surface area (Å²) in [5.74, 6) is 4.05. The van der Waals surface area contributed by atoms with E-state index >= 15 is 0 Å². The molecule has 2 heterocycles. The summed E-state index contributed by atoms with van der Waals surface area (Å²) < 4.78 is 5.59. The van der Waals surface area contributed by atoms with Crippen LogP contribution in [-0.2, 0) is 13.0 Å². The van der Waals surface area contributed by atoms with E-state index in [1.165, 1.54) is 38.5 Å². The zero-order valence-corrected chi connectivity index (χ0v) is 16.1. The van der Waals surface area contributed by atoms with Crippen LogP contribution in [0.3, 0.4) is 0 Å². The van der Waals surface area contributed by atoms with Crippen LogP contribution < -0.4 is 10.1 Å². The number of ether oxygens (including phenoxy) is 1. The highest BCUT2D eigenvalue weighted by Crippen LogP contribution is 2.44. The molecule has 0 aromatic carbocycles. The molecule has 0 aliphatic heterocycles. The molecule has 6 heteroatoms. The van der Waals surface area contributed by atoms with Crippen molar-refractivity contribution < 1.29 is 4.74 Å². The standard InChI is InChI=1S/C21H29N5O/c1-2-27-21-25-19(13-16-6-7-17-4-3-5-18(17)12-16)24-20(26-21)23-14-15-8-10-22-11-9-15/h8-11,16-18H,2-7,12-14H2,1H3,(H,23,24,25,26). The van der Waals surface area contributed by atoms with Crippen LogP contribution in [0.2, 0.25) is 0 Å². The van der Waals surface area contributed by atoms with Crippen LogP contribution in [0.4, 0.5) is 5.95 Å². The molecule has 2 aromatic rings. The minimum Gasteiger partial charge on any atom is -0.464 e. The number of hydrogen-bond donors (Lipinski definition) is 1. The molecule has 0 spiro atoms. The van der Waals surface area contributed by atoms with Gasteiger partial charge in [-0.2, -0.15) is 15.0 Å². The Morgan fingerprint density at radius 1 is 1.04 bits per heavy atom. The molecule has 2 aliphatic carbocycles. The molecule has 144 valence electrons. The number of nitrogens with one attached hydrogen (secondary N) is 1. The highest BCUT2D eigenvalue weighted by Gasteiger charge is 2.34. The lowest BCUT2D eigenvalue weighted by Crippen LogP contribution is -2.23. The molecule has 0 bridgehead atoms. The van der Waals surface area contributed by atoms with E-state index in [9.17, 15) is 0 Å². The van der Waals surface area contributed by atoms with E-state index in [1.807, 2.05) is 19.1 Å². The SMILES string of the molecule is CCOc1nc(CC2CCC3CCCC3C2)nc(NCc2ccncc2)n1. The molecule has 0 amide bonds. The number of fused-ring (bicyclic) bond motifs is 1. The van der Waals surface area contributed by atoms with Gasteiger partial charge >= 0.3 is 6.01 Å². The van der Waals surface area contributed by atoms with Gasteiger partial charge in [0, 0.05) is 25.4 Å². The summed E-state index contributed by atoms with van der Waals surface area (Å²) in [5, 5.41) is 3.30. The summed E-state index contributed by atoms with van der Waals surface area (Å²) in [7, 11) is 0. The Labute approximate surface area is 161 Å². The van der Waals surface area contributed by atoms with Crippen molar-refractivity contribution in [1.82, 2.24) is 19.9 Å². The first-order chi connectivity index (χ1) is 13.3. The third kappa shape index (κ3) is 4.73. The first-order valence-electron chi connectivity index (χ1n) is 10.3. The van der Waals surface area contributed by atoms with Crippen molar-refractivity contribution >= 4 is 5.95 Å². The van der Waals surface area contributed by atoms with Crippen molar-refractivity contribution in [2.24, 2.45) is 17.8 Å². The second-order valence-electron chi connectivity index (χ2n) is 7.83.